The minimum absolute atomic E-state index is 0.0628. The molecule has 0 unspecified atom stereocenters. The van der Waals surface area contributed by atoms with Crippen LogP contribution >= 0.6 is 0 Å². The second kappa shape index (κ2) is 6.34. The number of fused-ring (bicyclic) bond motifs is 1. The zero-order valence-electron chi connectivity index (χ0n) is 15.4. The zero-order chi connectivity index (χ0) is 18.4. The third kappa shape index (κ3) is 3.04. The van der Waals surface area contributed by atoms with Gasteiger partial charge in [0.15, 0.2) is 5.82 Å². The number of rotatable bonds is 4. The summed E-state index contributed by atoms with van der Waals surface area (Å²) in [6.45, 7) is 7.03. The Bertz CT molecular complexity index is 885. The average molecular weight is 356 g/mol. The number of H-pyrrole nitrogens is 1. The van der Waals surface area contributed by atoms with E-state index < -0.39 is 0 Å². The molecule has 138 valence electrons. The number of aromatic amines is 1. The third-order valence-corrected chi connectivity index (χ3v) is 5.42. The van der Waals surface area contributed by atoms with Gasteiger partial charge in [-0.3, -0.25) is 4.79 Å². The lowest BCUT2D eigenvalue weighted by atomic mass is 10.1. The van der Waals surface area contributed by atoms with Gasteiger partial charge in [0.2, 0.25) is 5.91 Å². The number of nitrogens with zero attached hydrogens (tertiary/aromatic N) is 5. The lowest BCUT2D eigenvalue weighted by molar-refractivity contribution is -0.134. The average Bonchev–Trinajstić information content (AvgIpc) is 3.33. The minimum Gasteiger partial charge on any atom is -0.331 e. The number of amides is 1. The smallest absolute Gasteiger partial charge is 0.331 e. The highest BCUT2D eigenvalue weighted by Crippen LogP contribution is 2.39. The molecule has 26 heavy (non-hydrogen) atoms. The number of hydrogen-bond acceptors (Lipinski definition) is 5. The molecule has 2 aromatic rings. The number of hydrogen-bond donors (Lipinski definition) is 1. The van der Waals surface area contributed by atoms with Crippen LogP contribution in [0, 0.1) is 13.8 Å². The van der Waals surface area contributed by atoms with Crippen LogP contribution in [0.25, 0.3) is 0 Å². The van der Waals surface area contributed by atoms with Gasteiger partial charge in [0, 0.05) is 30.3 Å². The summed E-state index contributed by atoms with van der Waals surface area (Å²) in [5, 5.41) is 4.61. The molecular weight excluding hydrogens is 332 g/mol. The minimum atomic E-state index is -0.342. The van der Waals surface area contributed by atoms with Gasteiger partial charge in [-0.2, -0.15) is 10.1 Å². The molecule has 1 saturated carbocycles. The molecule has 0 saturated heterocycles. The van der Waals surface area contributed by atoms with Crippen molar-refractivity contribution in [3.05, 3.63) is 39.1 Å². The van der Waals surface area contributed by atoms with Crippen LogP contribution in [-0.2, 0) is 17.8 Å². The van der Waals surface area contributed by atoms with Gasteiger partial charge in [-0.05, 0) is 45.6 Å². The molecular formula is C18H24N6O2. The van der Waals surface area contributed by atoms with Crippen LogP contribution in [0.3, 0.4) is 0 Å². The molecule has 1 amide bonds. The van der Waals surface area contributed by atoms with E-state index in [2.05, 4.69) is 15.1 Å². The molecule has 4 rings (SSSR count). The monoisotopic (exact) mass is 356 g/mol. The molecule has 1 atom stereocenters. The van der Waals surface area contributed by atoms with E-state index in [1.54, 1.807) is 0 Å². The maximum Gasteiger partial charge on any atom is 0.345 e. The van der Waals surface area contributed by atoms with Crippen molar-refractivity contribution in [1.82, 2.24) is 29.6 Å². The molecule has 8 heteroatoms. The van der Waals surface area contributed by atoms with Crippen LogP contribution in [-0.4, -0.2) is 42.1 Å². The number of aryl methyl sites for hydroxylation is 2. The maximum atomic E-state index is 12.8. The van der Waals surface area contributed by atoms with Crippen molar-refractivity contribution in [2.75, 3.05) is 6.54 Å². The Balaban J connectivity index is 1.46. The van der Waals surface area contributed by atoms with E-state index in [-0.39, 0.29) is 17.6 Å². The Kier molecular flexibility index (Phi) is 4.13. The van der Waals surface area contributed by atoms with Crippen molar-refractivity contribution in [3.8, 4) is 0 Å². The van der Waals surface area contributed by atoms with Crippen LogP contribution in [0.5, 0.6) is 0 Å². The number of carbonyl (C=O) groups is 1. The van der Waals surface area contributed by atoms with Crippen LogP contribution in [0.1, 0.15) is 66.7 Å². The van der Waals surface area contributed by atoms with Crippen molar-refractivity contribution >= 4 is 5.91 Å². The number of aromatic nitrogens is 5. The van der Waals surface area contributed by atoms with Crippen molar-refractivity contribution in [1.29, 1.82) is 0 Å². The lowest BCUT2D eigenvalue weighted by Gasteiger charge is -2.33. The molecule has 0 aromatic carbocycles. The summed E-state index contributed by atoms with van der Waals surface area (Å²) in [4.78, 5) is 37.4. The molecule has 1 fully saturated rings. The molecule has 0 bridgehead atoms. The predicted molar refractivity (Wildman–Crippen MR) is 94.8 cm³/mol. The van der Waals surface area contributed by atoms with Gasteiger partial charge >= 0.3 is 5.69 Å². The normalized spacial score (nSPS) is 19.5. The van der Waals surface area contributed by atoms with Crippen LogP contribution in [0.2, 0.25) is 0 Å². The van der Waals surface area contributed by atoms with Crippen LogP contribution in [0.4, 0.5) is 0 Å². The summed E-state index contributed by atoms with van der Waals surface area (Å²) in [5.74, 6) is 2.45. The maximum absolute atomic E-state index is 12.8. The number of nitrogens with one attached hydrogen (secondary N) is 1. The predicted octanol–water partition coefficient (Wildman–Crippen LogP) is 1.39. The van der Waals surface area contributed by atoms with Crippen LogP contribution in [0.15, 0.2) is 4.79 Å². The van der Waals surface area contributed by atoms with Crippen molar-refractivity contribution in [2.45, 2.75) is 65.0 Å². The first-order valence-corrected chi connectivity index (χ1v) is 9.24. The molecule has 1 N–H and O–H groups in total. The first kappa shape index (κ1) is 16.9. The van der Waals surface area contributed by atoms with Gasteiger partial charge < -0.3 is 9.88 Å². The fourth-order valence-electron chi connectivity index (χ4n) is 3.74. The highest BCUT2D eigenvalue weighted by Gasteiger charge is 2.34. The molecule has 8 nitrogen and oxygen atoms in total. The van der Waals surface area contributed by atoms with Crippen molar-refractivity contribution < 1.29 is 4.79 Å². The lowest BCUT2D eigenvalue weighted by Crippen LogP contribution is -2.41. The summed E-state index contributed by atoms with van der Waals surface area (Å²) in [7, 11) is 0. The molecule has 0 radical (unpaired) electrons. The fourth-order valence-corrected chi connectivity index (χ4v) is 3.74. The molecule has 1 aliphatic heterocycles. The van der Waals surface area contributed by atoms with Gasteiger partial charge in [-0.1, -0.05) is 0 Å². The first-order valence-electron chi connectivity index (χ1n) is 9.24. The topological polar surface area (TPSA) is 96.8 Å². The van der Waals surface area contributed by atoms with Gasteiger partial charge in [-0.15, -0.1) is 0 Å². The molecule has 0 spiro atoms. The largest absolute Gasteiger partial charge is 0.345 e. The Hall–Kier alpha value is -2.51. The van der Waals surface area contributed by atoms with E-state index >= 15 is 0 Å². The van der Waals surface area contributed by atoms with Gasteiger partial charge in [0.05, 0.1) is 12.6 Å². The Morgan fingerprint density at radius 3 is 2.69 bits per heavy atom. The zero-order valence-corrected chi connectivity index (χ0v) is 15.4. The van der Waals surface area contributed by atoms with E-state index in [0.29, 0.717) is 37.5 Å². The van der Waals surface area contributed by atoms with Gasteiger partial charge in [0.1, 0.15) is 5.82 Å². The fraction of sp³-hybridized carbons (Fsp3) is 0.611. The highest BCUT2D eigenvalue weighted by molar-refractivity contribution is 5.77. The van der Waals surface area contributed by atoms with Crippen molar-refractivity contribution in [3.63, 3.8) is 0 Å². The molecule has 1 aliphatic carbocycles. The van der Waals surface area contributed by atoms with Gasteiger partial charge in [-0.25, -0.2) is 14.5 Å². The van der Waals surface area contributed by atoms with E-state index in [9.17, 15) is 9.59 Å². The van der Waals surface area contributed by atoms with Crippen LogP contribution < -0.4 is 5.69 Å². The quantitative estimate of drug-likeness (QED) is 0.893. The molecule has 2 aromatic heterocycles. The first-order chi connectivity index (χ1) is 12.4. The van der Waals surface area contributed by atoms with E-state index in [0.717, 1.165) is 22.9 Å². The standard InChI is InChI=1S/C18H24N6O2/c1-10-14(11(2)20-18(26)19-10)6-7-15(25)23-8-9-24-17(12(23)3)21-16(22-24)13-4-5-13/h12-13H,4-9H2,1-3H3,(H,19,20,26)/t12-/m1/s1. The molecule has 3 heterocycles. The second-order valence-electron chi connectivity index (χ2n) is 7.32. The summed E-state index contributed by atoms with van der Waals surface area (Å²) < 4.78 is 1.96. The summed E-state index contributed by atoms with van der Waals surface area (Å²) in [6, 6.07) is -0.0628. The summed E-state index contributed by atoms with van der Waals surface area (Å²) in [5.41, 5.74) is 2.09. The van der Waals surface area contributed by atoms with E-state index in [4.69, 9.17) is 4.98 Å². The van der Waals surface area contributed by atoms with Gasteiger partial charge in [0.25, 0.3) is 0 Å². The summed E-state index contributed by atoms with van der Waals surface area (Å²) >= 11 is 0. The SMILES string of the molecule is Cc1nc(=O)[nH]c(C)c1CCC(=O)N1CCn2nc(C3CC3)nc2[C@H]1C. The second-order valence-corrected chi connectivity index (χ2v) is 7.32. The van der Waals surface area contributed by atoms with E-state index in [1.165, 1.54) is 12.8 Å². The summed E-state index contributed by atoms with van der Waals surface area (Å²) in [6.07, 6.45) is 3.31. The van der Waals surface area contributed by atoms with Crippen molar-refractivity contribution in [2.24, 2.45) is 0 Å². The Morgan fingerprint density at radius 2 is 2.00 bits per heavy atom. The van der Waals surface area contributed by atoms with E-state index in [1.807, 2.05) is 30.4 Å². The number of carbonyl (C=O) groups excluding carboxylic acids is 1. The third-order valence-electron chi connectivity index (χ3n) is 5.42. The molecule has 2 aliphatic rings. The Labute approximate surface area is 151 Å². The Morgan fingerprint density at radius 1 is 1.23 bits per heavy atom. The highest BCUT2D eigenvalue weighted by atomic mass is 16.2.